The molecule has 2 aromatic carbocycles. The van der Waals surface area contributed by atoms with Crippen molar-refractivity contribution in [3.8, 4) is 11.4 Å². The number of Topliss-reactive ketones (excluding diaryl/α,β-unsaturated/α-hetero) is 1. The van der Waals surface area contributed by atoms with Crippen molar-refractivity contribution in [3.05, 3.63) is 77.5 Å². The van der Waals surface area contributed by atoms with Gasteiger partial charge in [0.05, 0.1) is 11.3 Å². The van der Waals surface area contributed by atoms with E-state index in [-0.39, 0.29) is 17.5 Å². The van der Waals surface area contributed by atoms with Crippen LogP contribution in [0.3, 0.4) is 0 Å². The Morgan fingerprint density at radius 2 is 1.48 bits per heavy atom. The number of rotatable bonds is 4. The van der Waals surface area contributed by atoms with Gasteiger partial charge < -0.3 is 5.32 Å². The minimum absolute atomic E-state index is 0.194. The zero-order valence-electron chi connectivity index (χ0n) is 14.0. The summed E-state index contributed by atoms with van der Waals surface area (Å²) in [6.07, 6.45) is 0. The fourth-order valence-corrected chi connectivity index (χ4v) is 2.57. The van der Waals surface area contributed by atoms with E-state index in [1.54, 1.807) is 31.2 Å². The van der Waals surface area contributed by atoms with Crippen LogP contribution in [0.1, 0.15) is 33.3 Å². The van der Waals surface area contributed by atoms with Crippen LogP contribution in [0.25, 0.3) is 11.4 Å². The molecule has 0 fully saturated rings. The molecule has 0 spiro atoms. The second-order valence-electron chi connectivity index (χ2n) is 5.60. The third-order valence-corrected chi connectivity index (χ3v) is 3.74. The Bertz CT molecular complexity index is 922. The fourth-order valence-electron chi connectivity index (χ4n) is 2.57. The molecule has 5 heteroatoms. The summed E-state index contributed by atoms with van der Waals surface area (Å²) in [4.78, 5) is 33.3. The van der Waals surface area contributed by atoms with Gasteiger partial charge in [0.1, 0.15) is 5.82 Å². The van der Waals surface area contributed by atoms with Crippen molar-refractivity contribution in [2.45, 2.75) is 13.8 Å². The Kier molecular flexibility index (Phi) is 4.66. The Balaban J connectivity index is 2.05. The van der Waals surface area contributed by atoms with E-state index >= 15 is 0 Å². The van der Waals surface area contributed by atoms with Crippen LogP contribution in [0.5, 0.6) is 0 Å². The number of anilines is 1. The summed E-state index contributed by atoms with van der Waals surface area (Å²) in [6.45, 7) is 3.18. The minimum atomic E-state index is -0.319. The molecule has 0 bridgehead atoms. The molecule has 0 aliphatic carbocycles. The number of amides is 1. The molecule has 0 aliphatic rings. The van der Waals surface area contributed by atoms with Gasteiger partial charge in [-0.05, 0) is 26.0 Å². The van der Waals surface area contributed by atoms with Gasteiger partial charge in [-0.15, -0.1) is 0 Å². The highest BCUT2D eigenvalue weighted by Crippen LogP contribution is 2.23. The molecule has 1 heterocycles. The first-order valence-corrected chi connectivity index (χ1v) is 7.87. The molecule has 0 saturated heterocycles. The van der Waals surface area contributed by atoms with Crippen LogP contribution in [0, 0.1) is 6.92 Å². The van der Waals surface area contributed by atoms with Crippen molar-refractivity contribution in [2.75, 3.05) is 5.32 Å². The second-order valence-corrected chi connectivity index (χ2v) is 5.60. The Morgan fingerprint density at radius 3 is 2.08 bits per heavy atom. The molecule has 0 radical (unpaired) electrons. The van der Waals surface area contributed by atoms with E-state index in [9.17, 15) is 9.59 Å². The lowest BCUT2D eigenvalue weighted by Gasteiger charge is -2.12. The number of nitrogens with one attached hydrogen (secondary N) is 1. The SMILES string of the molecule is CC(=O)c1c(C)nc(-c2ccccc2)nc1NC(=O)c1ccccc1. The van der Waals surface area contributed by atoms with Crippen LogP contribution < -0.4 is 5.32 Å². The number of carbonyl (C=O) groups excluding carboxylic acids is 2. The minimum Gasteiger partial charge on any atom is -0.306 e. The topological polar surface area (TPSA) is 72.0 Å². The molecule has 1 amide bonds. The van der Waals surface area contributed by atoms with Gasteiger partial charge in [-0.3, -0.25) is 9.59 Å². The maximum atomic E-state index is 12.5. The molecule has 0 aliphatic heterocycles. The molecule has 3 rings (SSSR count). The quantitative estimate of drug-likeness (QED) is 0.736. The van der Waals surface area contributed by atoms with E-state index in [0.29, 0.717) is 22.6 Å². The Morgan fingerprint density at radius 1 is 0.880 bits per heavy atom. The van der Waals surface area contributed by atoms with E-state index in [2.05, 4.69) is 15.3 Å². The molecular weight excluding hydrogens is 314 g/mol. The molecule has 25 heavy (non-hydrogen) atoms. The van der Waals surface area contributed by atoms with E-state index in [1.165, 1.54) is 6.92 Å². The van der Waals surface area contributed by atoms with Gasteiger partial charge in [0, 0.05) is 11.1 Å². The first-order chi connectivity index (χ1) is 12.1. The zero-order chi connectivity index (χ0) is 17.8. The van der Waals surface area contributed by atoms with Gasteiger partial charge in [0.25, 0.3) is 5.91 Å². The summed E-state index contributed by atoms with van der Waals surface area (Å²) in [6, 6.07) is 18.2. The summed E-state index contributed by atoms with van der Waals surface area (Å²) in [5, 5.41) is 2.75. The lowest BCUT2D eigenvalue weighted by molar-refractivity contribution is 0.101. The number of hydrogen-bond donors (Lipinski definition) is 1. The van der Waals surface area contributed by atoms with Crippen molar-refractivity contribution in [1.82, 2.24) is 9.97 Å². The van der Waals surface area contributed by atoms with Crippen LogP contribution in [0.15, 0.2) is 60.7 Å². The van der Waals surface area contributed by atoms with Gasteiger partial charge in [-0.1, -0.05) is 48.5 Å². The first kappa shape index (κ1) is 16.5. The molecular formula is C20H17N3O2. The number of aromatic nitrogens is 2. The highest BCUT2D eigenvalue weighted by Gasteiger charge is 2.18. The molecule has 0 unspecified atom stereocenters. The molecule has 1 N–H and O–H groups in total. The van der Waals surface area contributed by atoms with Gasteiger partial charge >= 0.3 is 0 Å². The van der Waals surface area contributed by atoms with Crippen molar-refractivity contribution in [1.29, 1.82) is 0 Å². The molecule has 5 nitrogen and oxygen atoms in total. The number of benzene rings is 2. The predicted octanol–water partition coefficient (Wildman–Crippen LogP) is 3.91. The van der Waals surface area contributed by atoms with Gasteiger partial charge in [-0.2, -0.15) is 0 Å². The standard InChI is InChI=1S/C20H17N3O2/c1-13-17(14(2)24)19(23-20(25)16-11-7-4-8-12-16)22-18(21-13)15-9-5-3-6-10-15/h3-12H,1-2H3,(H,21,22,23,25). The number of aryl methyl sites for hydroxylation is 1. The molecule has 0 atom stereocenters. The van der Waals surface area contributed by atoms with E-state index in [0.717, 1.165) is 5.56 Å². The first-order valence-electron chi connectivity index (χ1n) is 7.87. The fraction of sp³-hybridized carbons (Fsp3) is 0.100. The summed E-state index contributed by atoms with van der Waals surface area (Å²) in [5.74, 6) is 0.180. The highest BCUT2D eigenvalue weighted by atomic mass is 16.2. The average Bonchev–Trinajstić information content (AvgIpc) is 2.62. The smallest absolute Gasteiger partial charge is 0.256 e. The zero-order valence-corrected chi connectivity index (χ0v) is 14.0. The van der Waals surface area contributed by atoms with Crippen LogP contribution in [0.4, 0.5) is 5.82 Å². The third kappa shape index (κ3) is 3.61. The predicted molar refractivity (Wildman–Crippen MR) is 96.6 cm³/mol. The van der Waals surface area contributed by atoms with Crippen molar-refractivity contribution < 1.29 is 9.59 Å². The van der Waals surface area contributed by atoms with Crippen LogP contribution in [-0.4, -0.2) is 21.7 Å². The monoisotopic (exact) mass is 331 g/mol. The largest absolute Gasteiger partial charge is 0.306 e. The van der Waals surface area contributed by atoms with Crippen molar-refractivity contribution in [3.63, 3.8) is 0 Å². The van der Waals surface area contributed by atoms with Gasteiger partial charge in [0.15, 0.2) is 11.6 Å². The molecule has 0 saturated carbocycles. The number of hydrogen-bond acceptors (Lipinski definition) is 4. The highest BCUT2D eigenvalue weighted by molar-refractivity contribution is 6.08. The Labute approximate surface area is 145 Å². The molecule has 124 valence electrons. The summed E-state index contributed by atoms with van der Waals surface area (Å²) in [7, 11) is 0. The lowest BCUT2D eigenvalue weighted by atomic mass is 10.1. The van der Waals surface area contributed by atoms with Gasteiger partial charge in [0.2, 0.25) is 0 Å². The maximum Gasteiger partial charge on any atom is 0.256 e. The lowest BCUT2D eigenvalue weighted by Crippen LogP contribution is -2.17. The number of carbonyl (C=O) groups is 2. The average molecular weight is 331 g/mol. The van der Waals surface area contributed by atoms with Crippen molar-refractivity contribution >= 4 is 17.5 Å². The van der Waals surface area contributed by atoms with E-state index in [4.69, 9.17) is 0 Å². The van der Waals surface area contributed by atoms with E-state index in [1.807, 2.05) is 36.4 Å². The van der Waals surface area contributed by atoms with Crippen LogP contribution in [-0.2, 0) is 0 Å². The summed E-state index contributed by atoms with van der Waals surface area (Å²) in [5.41, 5.74) is 2.17. The molecule has 3 aromatic rings. The normalized spacial score (nSPS) is 10.3. The van der Waals surface area contributed by atoms with Gasteiger partial charge in [-0.25, -0.2) is 9.97 Å². The number of nitrogens with zero attached hydrogens (tertiary/aromatic N) is 2. The summed E-state index contributed by atoms with van der Waals surface area (Å²) < 4.78 is 0. The van der Waals surface area contributed by atoms with E-state index < -0.39 is 0 Å². The Hall–Kier alpha value is -3.34. The summed E-state index contributed by atoms with van der Waals surface area (Å²) >= 11 is 0. The number of ketones is 1. The van der Waals surface area contributed by atoms with Crippen LogP contribution >= 0.6 is 0 Å². The van der Waals surface area contributed by atoms with Crippen molar-refractivity contribution in [2.24, 2.45) is 0 Å². The molecule has 1 aromatic heterocycles. The second kappa shape index (κ2) is 7.05. The van der Waals surface area contributed by atoms with Crippen LogP contribution in [0.2, 0.25) is 0 Å². The third-order valence-electron chi connectivity index (χ3n) is 3.74. The maximum absolute atomic E-state index is 12.5.